The topological polar surface area (TPSA) is 52.6 Å². The first-order valence-corrected chi connectivity index (χ1v) is 10.2. The molecule has 1 aliphatic heterocycles. The summed E-state index contributed by atoms with van der Waals surface area (Å²) in [6.07, 6.45) is 3.22. The summed E-state index contributed by atoms with van der Waals surface area (Å²) in [5, 5.41) is 13.8. The molecule has 0 saturated carbocycles. The quantitative estimate of drug-likeness (QED) is 0.382. The molecule has 2 N–H and O–H groups in total. The lowest BCUT2D eigenvalue weighted by molar-refractivity contribution is 0.463. The average molecular weight is 491 g/mol. The maximum atomic E-state index is 4.50. The van der Waals surface area contributed by atoms with E-state index in [-0.39, 0.29) is 24.0 Å². The molecule has 0 aliphatic carbocycles. The van der Waals surface area contributed by atoms with Crippen molar-refractivity contribution < 1.29 is 0 Å². The summed E-state index contributed by atoms with van der Waals surface area (Å²) in [7, 11) is 1.84. The first kappa shape index (κ1) is 20.4. The number of hydrogen-bond donors (Lipinski definition) is 2. The van der Waals surface area contributed by atoms with Crippen molar-refractivity contribution in [2.45, 2.75) is 32.2 Å². The van der Waals surface area contributed by atoms with Gasteiger partial charge in [0.1, 0.15) is 0 Å². The van der Waals surface area contributed by atoms with E-state index in [1.165, 1.54) is 5.00 Å². The predicted octanol–water partition coefficient (Wildman–Crippen LogP) is 3.51. The van der Waals surface area contributed by atoms with Crippen LogP contribution in [0.4, 0.5) is 5.00 Å². The van der Waals surface area contributed by atoms with Crippen molar-refractivity contribution in [1.29, 1.82) is 0 Å². The third-order valence-corrected chi connectivity index (χ3v) is 5.97. The van der Waals surface area contributed by atoms with Gasteiger partial charge in [0, 0.05) is 44.5 Å². The molecular formula is C17H26IN5S2. The predicted molar refractivity (Wildman–Crippen MR) is 120 cm³/mol. The van der Waals surface area contributed by atoms with E-state index in [4.69, 9.17) is 0 Å². The van der Waals surface area contributed by atoms with Gasteiger partial charge in [-0.25, -0.2) is 4.98 Å². The van der Waals surface area contributed by atoms with E-state index in [1.54, 1.807) is 11.3 Å². The zero-order valence-corrected chi connectivity index (χ0v) is 18.7. The second kappa shape index (κ2) is 10.3. The number of hydrogen-bond acceptors (Lipinski definition) is 5. The zero-order valence-electron chi connectivity index (χ0n) is 14.7. The molecule has 1 saturated heterocycles. The summed E-state index contributed by atoms with van der Waals surface area (Å²) in [5.74, 6) is 0.900. The Kier molecular flexibility index (Phi) is 8.44. The molecule has 1 aliphatic rings. The lowest BCUT2D eigenvalue weighted by Crippen LogP contribution is -2.49. The Bertz CT molecular complexity index is 648. The number of thiophene rings is 1. The number of halogens is 1. The van der Waals surface area contributed by atoms with Crippen LogP contribution in [0.2, 0.25) is 0 Å². The molecule has 2 aromatic heterocycles. The highest BCUT2D eigenvalue weighted by Gasteiger charge is 2.20. The SMILES string of the molecule is CN=C(NCCc1csc(C)n1)NC1CCN(c2cccs2)CC1.I. The zero-order chi connectivity index (χ0) is 16.8. The number of aryl methyl sites for hydroxylation is 1. The summed E-state index contributed by atoms with van der Waals surface area (Å²) >= 11 is 3.53. The minimum Gasteiger partial charge on any atom is -0.363 e. The maximum Gasteiger partial charge on any atom is 0.191 e. The molecule has 0 bridgehead atoms. The number of rotatable bonds is 5. The smallest absolute Gasteiger partial charge is 0.191 e. The van der Waals surface area contributed by atoms with Crippen LogP contribution in [-0.2, 0) is 6.42 Å². The van der Waals surface area contributed by atoms with Crippen LogP contribution in [0.25, 0.3) is 0 Å². The van der Waals surface area contributed by atoms with Crippen molar-refractivity contribution in [2.24, 2.45) is 4.99 Å². The Labute approximate surface area is 175 Å². The first-order chi connectivity index (χ1) is 11.7. The molecule has 2 aromatic rings. The highest BCUT2D eigenvalue weighted by molar-refractivity contribution is 14.0. The van der Waals surface area contributed by atoms with Gasteiger partial charge in [0.2, 0.25) is 0 Å². The van der Waals surface area contributed by atoms with Crippen molar-refractivity contribution in [1.82, 2.24) is 15.6 Å². The van der Waals surface area contributed by atoms with Gasteiger partial charge in [-0.15, -0.1) is 46.7 Å². The Morgan fingerprint density at radius 2 is 2.16 bits per heavy atom. The van der Waals surface area contributed by atoms with E-state index < -0.39 is 0 Å². The Morgan fingerprint density at radius 1 is 1.36 bits per heavy atom. The maximum absolute atomic E-state index is 4.50. The minimum absolute atomic E-state index is 0. The van der Waals surface area contributed by atoms with Gasteiger partial charge in [-0.1, -0.05) is 0 Å². The number of aromatic nitrogens is 1. The monoisotopic (exact) mass is 491 g/mol. The van der Waals surface area contributed by atoms with Gasteiger partial charge in [-0.05, 0) is 37.3 Å². The molecule has 5 nitrogen and oxygen atoms in total. The number of guanidine groups is 1. The van der Waals surface area contributed by atoms with Gasteiger partial charge < -0.3 is 15.5 Å². The van der Waals surface area contributed by atoms with E-state index in [0.717, 1.165) is 55.6 Å². The molecule has 0 unspecified atom stereocenters. The second-order valence-corrected chi connectivity index (χ2v) is 7.95. The Morgan fingerprint density at radius 3 is 2.76 bits per heavy atom. The lowest BCUT2D eigenvalue weighted by Gasteiger charge is -2.33. The van der Waals surface area contributed by atoms with E-state index in [2.05, 4.69) is 48.4 Å². The molecule has 0 aromatic carbocycles. The van der Waals surface area contributed by atoms with Crippen LogP contribution in [0, 0.1) is 6.92 Å². The summed E-state index contributed by atoms with van der Waals surface area (Å²) in [4.78, 5) is 11.3. The lowest BCUT2D eigenvalue weighted by atomic mass is 10.1. The van der Waals surface area contributed by atoms with Crippen molar-refractivity contribution in [3.8, 4) is 0 Å². The van der Waals surface area contributed by atoms with Crippen molar-refractivity contribution >= 4 is 57.6 Å². The molecule has 25 heavy (non-hydrogen) atoms. The van der Waals surface area contributed by atoms with Crippen LogP contribution in [-0.4, -0.2) is 43.7 Å². The van der Waals surface area contributed by atoms with Crippen LogP contribution in [0.5, 0.6) is 0 Å². The summed E-state index contributed by atoms with van der Waals surface area (Å²) in [6.45, 7) is 5.11. The molecule has 3 heterocycles. The molecule has 1 fully saturated rings. The number of piperidine rings is 1. The average Bonchev–Trinajstić information content (AvgIpc) is 3.26. The molecule has 0 radical (unpaired) electrons. The van der Waals surface area contributed by atoms with E-state index >= 15 is 0 Å². The Hall–Kier alpha value is -0.870. The number of nitrogens with zero attached hydrogens (tertiary/aromatic N) is 3. The van der Waals surface area contributed by atoms with Crippen molar-refractivity contribution in [3.63, 3.8) is 0 Å². The van der Waals surface area contributed by atoms with Gasteiger partial charge in [0.15, 0.2) is 5.96 Å². The molecular weight excluding hydrogens is 465 g/mol. The van der Waals surface area contributed by atoms with Crippen LogP contribution >= 0.6 is 46.7 Å². The standard InChI is InChI=1S/C17H25N5S2.HI/c1-13-20-15(12-24-13)5-8-19-17(18-2)21-14-6-9-22(10-7-14)16-4-3-11-23-16;/h3-4,11-12,14H,5-10H2,1-2H3,(H2,18,19,21);1H. The molecule has 3 rings (SSSR count). The first-order valence-electron chi connectivity index (χ1n) is 8.41. The molecule has 0 spiro atoms. The van der Waals surface area contributed by atoms with E-state index in [0.29, 0.717) is 6.04 Å². The van der Waals surface area contributed by atoms with Crippen LogP contribution in [0.15, 0.2) is 27.9 Å². The van der Waals surface area contributed by atoms with Gasteiger partial charge >= 0.3 is 0 Å². The summed E-state index contributed by atoms with van der Waals surface area (Å²) < 4.78 is 0. The van der Waals surface area contributed by atoms with Gasteiger partial charge in [-0.3, -0.25) is 4.99 Å². The third kappa shape index (κ3) is 6.10. The van der Waals surface area contributed by atoms with Gasteiger partial charge in [0.25, 0.3) is 0 Å². The number of nitrogens with one attached hydrogen (secondary N) is 2. The summed E-state index contributed by atoms with van der Waals surface area (Å²) in [6, 6.07) is 4.83. The molecule has 0 atom stereocenters. The fourth-order valence-electron chi connectivity index (χ4n) is 2.91. The van der Waals surface area contributed by atoms with E-state index in [9.17, 15) is 0 Å². The highest BCUT2D eigenvalue weighted by Crippen LogP contribution is 2.24. The van der Waals surface area contributed by atoms with E-state index in [1.807, 2.05) is 25.3 Å². The fraction of sp³-hybridized carbons (Fsp3) is 0.529. The minimum atomic E-state index is 0. The molecule has 0 amide bonds. The van der Waals surface area contributed by atoms with Crippen molar-refractivity contribution in [2.75, 3.05) is 31.6 Å². The van der Waals surface area contributed by atoms with Crippen LogP contribution in [0.1, 0.15) is 23.5 Å². The van der Waals surface area contributed by atoms with Crippen LogP contribution < -0.4 is 15.5 Å². The molecule has 138 valence electrons. The largest absolute Gasteiger partial charge is 0.363 e. The number of thiazole rings is 1. The van der Waals surface area contributed by atoms with Crippen molar-refractivity contribution in [3.05, 3.63) is 33.6 Å². The Balaban J connectivity index is 0.00000225. The number of anilines is 1. The normalized spacial score (nSPS) is 15.8. The third-order valence-electron chi connectivity index (χ3n) is 4.22. The summed E-state index contributed by atoms with van der Waals surface area (Å²) in [5.41, 5.74) is 1.16. The van der Waals surface area contributed by atoms with Gasteiger partial charge in [-0.2, -0.15) is 0 Å². The number of aliphatic imine (C=N–C) groups is 1. The fourth-order valence-corrected chi connectivity index (χ4v) is 4.35. The van der Waals surface area contributed by atoms with Gasteiger partial charge in [0.05, 0.1) is 15.7 Å². The second-order valence-electron chi connectivity index (χ2n) is 5.96. The highest BCUT2D eigenvalue weighted by atomic mass is 127. The molecule has 8 heteroatoms. The van der Waals surface area contributed by atoms with Crippen LogP contribution in [0.3, 0.4) is 0 Å².